The predicted molar refractivity (Wildman–Crippen MR) is 86.5 cm³/mol. The van der Waals surface area contributed by atoms with E-state index < -0.39 is 42.4 Å². The van der Waals surface area contributed by atoms with Crippen LogP contribution in [0.3, 0.4) is 0 Å². The molecule has 22 heavy (non-hydrogen) atoms. The molecular formula is C10H17N3O6S3. The maximum absolute atomic E-state index is 11.8. The Balaban J connectivity index is 4.43. The summed E-state index contributed by atoms with van der Waals surface area (Å²) in [6, 6.07) is -2.11. The SMILES string of the molecule is N[C@@H](CCC(=O)N[C@@H](CSSS)C(=O)NCC(=O)O)C(=O)O. The van der Waals surface area contributed by atoms with Crippen LogP contribution in [0.15, 0.2) is 0 Å². The van der Waals surface area contributed by atoms with Gasteiger partial charge in [0.05, 0.1) is 0 Å². The van der Waals surface area contributed by atoms with Crippen molar-refractivity contribution in [3.63, 3.8) is 0 Å². The number of carboxylic acids is 2. The molecule has 2 amide bonds. The second-order valence-electron chi connectivity index (χ2n) is 4.07. The molecule has 0 saturated carbocycles. The smallest absolute Gasteiger partial charge is 0.322 e. The van der Waals surface area contributed by atoms with E-state index in [2.05, 4.69) is 22.3 Å². The van der Waals surface area contributed by atoms with Gasteiger partial charge in [-0.3, -0.25) is 19.2 Å². The Kier molecular flexibility index (Phi) is 10.9. The summed E-state index contributed by atoms with van der Waals surface area (Å²) in [4.78, 5) is 44.4. The lowest BCUT2D eigenvalue weighted by Gasteiger charge is -2.17. The number of rotatable bonds is 11. The molecule has 0 aromatic rings. The van der Waals surface area contributed by atoms with Crippen LogP contribution >= 0.6 is 32.3 Å². The minimum absolute atomic E-state index is 0.0703. The Morgan fingerprint density at radius 1 is 1.23 bits per heavy atom. The van der Waals surface area contributed by atoms with Gasteiger partial charge in [0.25, 0.3) is 0 Å². The van der Waals surface area contributed by atoms with E-state index in [0.717, 1.165) is 9.83 Å². The number of nitrogens with one attached hydrogen (secondary N) is 2. The lowest BCUT2D eigenvalue weighted by Crippen LogP contribution is -2.49. The molecule has 0 heterocycles. The van der Waals surface area contributed by atoms with E-state index in [1.165, 1.54) is 10.8 Å². The highest BCUT2D eigenvalue weighted by Gasteiger charge is 2.22. The van der Waals surface area contributed by atoms with Crippen molar-refractivity contribution in [1.82, 2.24) is 10.6 Å². The standard InChI is InChI=1S/C10H17N3O6S3/c11-5(10(18)19)1-2-7(14)13-6(4-21-22-20)9(17)12-3-8(15)16/h5-6,20H,1-4,11H2,(H,12,17)(H,13,14)(H,15,16)(H,18,19)/t5-,6-/m0/s1. The molecule has 0 aromatic carbocycles. The number of hydrogen-bond acceptors (Lipinski definition) is 8. The van der Waals surface area contributed by atoms with Crippen LogP contribution < -0.4 is 16.4 Å². The highest BCUT2D eigenvalue weighted by atomic mass is 33.5. The third kappa shape index (κ3) is 9.76. The molecule has 0 fully saturated rings. The molecule has 0 aromatic heterocycles. The summed E-state index contributed by atoms with van der Waals surface area (Å²) in [6.45, 7) is -0.562. The van der Waals surface area contributed by atoms with Crippen LogP contribution in [0.5, 0.6) is 0 Å². The van der Waals surface area contributed by atoms with Gasteiger partial charge >= 0.3 is 11.9 Å². The summed E-state index contributed by atoms with van der Waals surface area (Å²) < 4.78 is 0. The van der Waals surface area contributed by atoms with Crippen LogP contribution in [-0.4, -0.2) is 58.3 Å². The maximum Gasteiger partial charge on any atom is 0.322 e. The summed E-state index contributed by atoms with van der Waals surface area (Å²) in [7, 11) is 2.28. The fraction of sp³-hybridized carbons (Fsp3) is 0.600. The monoisotopic (exact) mass is 371 g/mol. The number of thiol groups is 1. The molecule has 0 aliphatic heterocycles. The van der Waals surface area contributed by atoms with Crippen molar-refractivity contribution in [2.45, 2.75) is 24.9 Å². The molecule has 126 valence electrons. The lowest BCUT2D eigenvalue weighted by atomic mass is 10.1. The second kappa shape index (κ2) is 11.5. The quantitative estimate of drug-likeness (QED) is 0.200. The average Bonchev–Trinajstić information content (AvgIpc) is 2.46. The number of carbonyl (C=O) groups excluding carboxylic acids is 2. The third-order valence-electron chi connectivity index (χ3n) is 2.35. The molecule has 9 nitrogen and oxygen atoms in total. The first-order valence-corrected chi connectivity index (χ1v) is 9.35. The van der Waals surface area contributed by atoms with Crippen LogP contribution in [0.1, 0.15) is 12.8 Å². The largest absolute Gasteiger partial charge is 0.480 e. The molecule has 0 radical (unpaired) electrons. The van der Waals surface area contributed by atoms with Gasteiger partial charge in [0.15, 0.2) is 0 Å². The molecule has 0 rings (SSSR count). The zero-order chi connectivity index (χ0) is 17.1. The Hall–Kier alpha value is -1.11. The van der Waals surface area contributed by atoms with Gasteiger partial charge in [-0.1, -0.05) is 22.5 Å². The van der Waals surface area contributed by atoms with Gasteiger partial charge in [-0.2, -0.15) is 0 Å². The van der Waals surface area contributed by atoms with Gasteiger partial charge in [0, 0.05) is 12.2 Å². The van der Waals surface area contributed by atoms with Crippen molar-refractivity contribution in [2.75, 3.05) is 12.3 Å². The van der Waals surface area contributed by atoms with Gasteiger partial charge in [0.1, 0.15) is 18.6 Å². The van der Waals surface area contributed by atoms with Gasteiger partial charge < -0.3 is 26.6 Å². The van der Waals surface area contributed by atoms with Gasteiger partial charge in [-0.25, -0.2) is 0 Å². The minimum Gasteiger partial charge on any atom is -0.480 e. The van der Waals surface area contributed by atoms with Crippen LogP contribution in [0.25, 0.3) is 0 Å². The maximum atomic E-state index is 11.8. The number of carboxylic acid groups (broad SMARTS) is 2. The van der Waals surface area contributed by atoms with Crippen LogP contribution in [-0.2, 0) is 19.2 Å². The number of amides is 2. The highest BCUT2D eigenvalue weighted by molar-refractivity contribution is 9.05. The van der Waals surface area contributed by atoms with Crippen molar-refractivity contribution < 1.29 is 29.4 Å². The molecular weight excluding hydrogens is 354 g/mol. The molecule has 0 saturated heterocycles. The first-order valence-electron chi connectivity index (χ1n) is 5.98. The van der Waals surface area contributed by atoms with Crippen molar-refractivity contribution >= 4 is 56.0 Å². The van der Waals surface area contributed by atoms with E-state index >= 15 is 0 Å². The van der Waals surface area contributed by atoms with E-state index in [1.807, 2.05) is 0 Å². The number of hydrogen-bond donors (Lipinski definition) is 6. The molecule has 0 aliphatic carbocycles. The Morgan fingerprint density at radius 3 is 2.36 bits per heavy atom. The molecule has 6 N–H and O–H groups in total. The van der Waals surface area contributed by atoms with E-state index in [0.29, 0.717) is 0 Å². The average molecular weight is 371 g/mol. The minimum atomic E-state index is -1.22. The summed E-state index contributed by atoms with van der Waals surface area (Å²) in [5.74, 6) is -3.44. The summed E-state index contributed by atoms with van der Waals surface area (Å²) in [5, 5.41) is 21.7. The Labute approximate surface area is 139 Å². The number of nitrogens with two attached hydrogens (primary N) is 1. The molecule has 2 atom stereocenters. The second-order valence-corrected chi connectivity index (χ2v) is 7.29. The first-order chi connectivity index (χ1) is 10.3. The van der Waals surface area contributed by atoms with Crippen molar-refractivity contribution in [3.05, 3.63) is 0 Å². The van der Waals surface area contributed by atoms with E-state index in [-0.39, 0.29) is 18.6 Å². The summed E-state index contributed by atoms with van der Waals surface area (Å²) in [6.07, 6.45) is -0.228. The summed E-state index contributed by atoms with van der Waals surface area (Å²) in [5.41, 5.74) is 5.27. The molecule has 0 spiro atoms. The fourth-order valence-corrected chi connectivity index (χ4v) is 2.81. The van der Waals surface area contributed by atoms with Gasteiger partial charge in [-0.15, -0.1) is 0 Å². The molecule has 12 heteroatoms. The highest BCUT2D eigenvalue weighted by Crippen LogP contribution is 2.25. The van der Waals surface area contributed by atoms with Crippen LogP contribution in [0.4, 0.5) is 0 Å². The van der Waals surface area contributed by atoms with Crippen LogP contribution in [0.2, 0.25) is 0 Å². The third-order valence-corrected chi connectivity index (χ3v) is 4.60. The molecule has 0 bridgehead atoms. The van der Waals surface area contributed by atoms with Crippen molar-refractivity contribution in [2.24, 2.45) is 5.73 Å². The Bertz CT molecular complexity index is 423. The van der Waals surface area contributed by atoms with E-state index in [4.69, 9.17) is 15.9 Å². The molecule has 0 unspecified atom stereocenters. The zero-order valence-electron chi connectivity index (χ0n) is 11.4. The Morgan fingerprint density at radius 2 is 1.86 bits per heavy atom. The topological polar surface area (TPSA) is 159 Å². The normalized spacial score (nSPS) is 13.0. The van der Waals surface area contributed by atoms with Crippen LogP contribution in [0, 0.1) is 0 Å². The van der Waals surface area contributed by atoms with E-state index in [1.54, 1.807) is 0 Å². The van der Waals surface area contributed by atoms with Gasteiger partial charge in [0.2, 0.25) is 11.8 Å². The lowest BCUT2D eigenvalue weighted by molar-refractivity contribution is -0.139. The van der Waals surface area contributed by atoms with Crippen molar-refractivity contribution in [3.8, 4) is 0 Å². The molecule has 0 aliphatic rings. The van der Waals surface area contributed by atoms with Crippen molar-refractivity contribution in [1.29, 1.82) is 0 Å². The predicted octanol–water partition coefficient (Wildman–Crippen LogP) is -0.910. The zero-order valence-corrected chi connectivity index (χ0v) is 13.9. The fourth-order valence-electron chi connectivity index (χ4n) is 1.24. The number of aliphatic carboxylic acids is 2. The van der Waals surface area contributed by atoms with Gasteiger partial charge in [-0.05, 0) is 16.2 Å². The first kappa shape index (κ1) is 20.9. The summed E-state index contributed by atoms with van der Waals surface area (Å²) >= 11 is 3.89. The van der Waals surface area contributed by atoms with E-state index in [9.17, 15) is 19.2 Å². The number of carbonyl (C=O) groups is 4.